The smallest absolute Gasteiger partial charge is 0.238 e. The van der Waals surface area contributed by atoms with Crippen LogP contribution in [0.3, 0.4) is 0 Å². The number of nitrogens with one attached hydrogen (secondary N) is 1. The Labute approximate surface area is 112 Å². The molecule has 0 radical (unpaired) electrons. The van der Waals surface area contributed by atoms with E-state index in [4.69, 9.17) is 10.5 Å². The third-order valence-corrected chi connectivity index (χ3v) is 2.96. The van der Waals surface area contributed by atoms with E-state index in [1.807, 2.05) is 12.1 Å². The summed E-state index contributed by atoms with van der Waals surface area (Å²) in [6.45, 7) is 5.73. The number of nitrogens with two attached hydrogens (primary N) is 1. The average molecular weight is 264 g/mol. The van der Waals surface area contributed by atoms with Gasteiger partial charge in [0.15, 0.2) is 0 Å². The minimum atomic E-state index is -0.219. The van der Waals surface area contributed by atoms with Gasteiger partial charge in [-0.3, -0.25) is 4.79 Å². The van der Waals surface area contributed by atoms with E-state index in [1.54, 1.807) is 6.20 Å². The van der Waals surface area contributed by atoms with Gasteiger partial charge in [-0.15, -0.1) is 0 Å². The Morgan fingerprint density at radius 3 is 2.68 bits per heavy atom. The van der Waals surface area contributed by atoms with E-state index >= 15 is 0 Å². The van der Waals surface area contributed by atoms with Gasteiger partial charge in [0, 0.05) is 13.1 Å². The molecule has 2 atom stereocenters. The van der Waals surface area contributed by atoms with Crippen LogP contribution < -0.4 is 16.0 Å². The van der Waals surface area contributed by atoms with Crippen LogP contribution in [0.1, 0.15) is 13.8 Å². The van der Waals surface area contributed by atoms with Gasteiger partial charge in [0.05, 0.1) is 30.6 Å². The molecular weight excluding hydrogens is 244 g/mol. The lowest BCUT2D eigenvalue weighted by Gasteiger charge is -2.36. The summed E-state index contributed by atoms with van der Waals surface area (Å²) in [5, 5.41) is 2.67. The fourth-order valence-electron chi connectivity index (χ4n) is 2.22. The zero-order valence-electron chi connectivity index (χ0n) is 11.3. The van der Waals surface area contributed by atoms with Crippen LogP contribution >= 0.6 is 0 Å². The Bertz CT molecular complexity index is 425. The second kappa shape index (κ2) is 5.99. The summed E-state index contributed by atoms with van der Waals surface area (Å²) in [6, 6.07) is 3.73. The molecule has 2 unspecified atom stereocenters. The van der Waals surface area contributed by atoms with Crippen LogP contribution in [0.25, 0.3) is 0 Å². The molecule has 1 saturated heterocycles. The highest BCUT2D eigenvalue weighted by atomic mass is 16.5. The number of aromatic nitrogens is 1. The van der Waals surface area contributed by atoms with E-state index in [2.05, 4.69) is 29.0 Å². The standard InChI is InChI=1S/C13H20N4O2/c1-9-7-17(8-10(2)19-9)12-4-3-11(6-15-12)16-13(18)5-14/h3-4,6,9-10H,5,7-8,14H2,1-2H3,(H,16,18). The number of rotatable bonds is 3. The summed E-state index contributed by atoms with van der Waals surface area (Å²) < 4.78 is 5.69. The molecule has 0 aromatic carbocycles. The number of carbonyl (C=O) groups is 1. The van der Waals surface area contributed by atoms with Crippen molar-refractivity contribution < 1.29 is 9.53 Å². The van der Waals surface area contributed by atoms with E-state index in [0.29, 0.717) is 5.69 Å². The SMILES string of the molecule is CC1CN(c2ccc(NC(=O)CN)cn2)CC(C)O1. The summed E-state index contributed by atoms with van der Waals surface area (Å²) in [4.78, 5) is 17.7. The highest BCUT2D eigenvalue weighted by Crippen LogP contribution is 2.19. The van der Waals surface area contributed by atoms with Crippen LogP contribution in [0, 0.1) is 0 Å². The molecule has 3 N–H and O–H groups in total. The lowest BCUT2D eigenvalue weighted by atomic mass is 10.2. The fourth-order valence-corrected chi connectivity index (χ4v) is 2.22. The van der Waals surface area contributed by atoms with Crippen molar-refractivity contribution in [2.75, 3.05) is 29.9 Å². The van der Waals surface area contributed by atoms with E-state index in [9.17, 15) is 4.79 Å². The molecule has 6 heteroatoms. The second-order valence-corrected chi connectivity index (χ2v) is 4.82. The van der Waals surface area contributed by atoms with Gasteiger partial charge in [-0.2, -0.15) is 0 Å². The second-order valence-electron chi connectivity index (χ2n) is 4.82. The van der Waals surface area contributed by atoms with Crippen molar-refractivity contribution in [3.63, 3.8) is 0 Å². The minimum Gasteiger partial charge on any atom is -0.372 e. The lowest BCUT2D eigenvalue weighted by Crippen LogP contribution is -2.45. The maximum Gasteiger partial charge on any atom is 0.238 e. The number of hydrogen-bond donors (Lipinski definition) is 2. The maximum absolute atomic E-state index is 11.2. The Morgan fingerprint density at radius 2 is 2.16 bits per heavy atom. The molecule has 19 heavy (non-hydrogen) atoms. The highest BCUT2D eigenvalue weighted by Gasteiger charge is 2.22. The zero-order valence-corrected chi connectivity index (χ0v) is 11.3. The van der Waals surface area contributed by atoms with Crippen molar-refractivity contribution in [1.82, 2.24) is 4.98 Å². The molecule has 1 aromatic heterocycles. The van der Waals surface area contributed by atoms with E-state index in [-0.39, 0.29) is 24.7 Å². The van der Waals surface area contributed by atoms with Crippen LogP contribution in [0.5, 0.6) is 0 Å². The Balaban J connectivity index is 2.03. The van der Waals surface area contributed by atoms with Crippen LogP contribution in [0.15, 0.2) is 18.3 Å². The number of nitrogens with zero attached hydrogens (tertiary/aromatic N) is 2. The topological polar surface area (TPSA) is 80.5 Å². The van der Waals surface area contributed by atoms with Crippen molar-refractivity contribution >= 4 is 17.4 Å². The number of ether oxygens (including phenoxy) is 1. The zero-order chi connectivity index (χ0) is 13.8. The van der Waals surface area contributed by atoms with E-state index in [1.165, 1.54) is 0 Å². The molecule has 1 fully saturated rings. The normalized spacial score (nSPS) is 23.2. The first-order valence-corrected chi connectivity index (χ1v) is 6.45. The van der Waals surface area contributed by atoms with Crippen LogP contribution in [0.4, 0.5) is 11.5 Å². The number of morpholine rings is 1. The highest BCUT2D eigenvalue weighted by molar-refractivity contribution is 5.91. The molecule has 0 saturated carbocycles. The molecule has 1 aromatic rings. The van der Waals surface area contributed by atoms with Crippen molar-refractivity contribution in [2.24, 2.45) is 5.73 Å². The Kier molecular flexibility index (Phi) is 4.34. The van der Waals surface area contributed by atoms with Crippen molar-refractivity contribution in [3.05, 3.63) is 18.3 Å². The lowest BCUT2D eigenvalue weighted by molar-refractivity contribution is -0.114. The first kappa shape index (κ1) is 13.8. The van der Waals surface area contributed by atoms with Gasteiger partial charge in [0.1, 0.15) is 5.82 Å². The largest absolute Gasteiger partial charge is 0.372 e. The van der Waals surface area contributed by atoms with Gasteiger partial charge in [-0.1, -0.05) is 0 Å². The average Bonchev–Trinajstić information content (AvgIpc) is 2.38. The molecule has 2 heterocycles. The molecule has 1 aliphatic rings. The molecule has 6 nitrogen and oxygen atoms in total. The van der Waals surface area contributed by atoms with E-state index in [0.717, 1.165) is 18.9 Å². The van der Waals surface area contributed by atoms with Crippen LogP contribution in [-0.2, 0) is 9.53 Å². The van der Waals surface area contributed by atoms with Crippen LogP contribution in [0.2, 0.25) is 0 Å². The molecule has 2 rings (SSSR count). The Hall–Kier alpha value is -1.66. The van der Waals surface area contributed by atoms with Crippen molar-refractivity contribution in [3.8, 4) is 0 Å². The molecule has 1 aliphatic heterocycles. The molecule has 0 bridgehead atoms. The molecule has 104 valence electrons. The van der Waals surface area contributed by atoms with Gasteiger partial charge in [-0.25, -0.2) is 4.98 Å². The number of pyridine rings is 1. The van der Waals surface area contributed by atoms with Gasteiger partial charge in [0.25, 0.3) is 0 Å². The quantitative estimate of drug-likeness (QED) is 0.835. The summed E-state index contributed by atoms with van der Waals surface area (Å²) in [5.74, 6) is 0.677. The van der Waals surface area contributed by atoms with Gasteiger partial charge < -0.3 is 20.7 Å². The number of anilines is 2. The van der Waals surface area contributed by atoms with Crippen molar-refractivity contribution in [1.29, 1.82) is 0 Å². The molecular formula is C13H20N4O2. The van der Waals surface area contributed by atoms with Crippen molar-refractivity contribution in [2.45, 2.75) is 26.1 Å². The van der Waals surface area contributed by atoms with E-state index < -0.39 is 0 Å². The summed E-state index contributed by atoms with van der Waals surface area (Å²) in [7, 11) is 0. The van der Waals surface area contributed by atoms with Crippen LogP contribution in [-0.4, -0.2) is 42.7 Å². The van der Waals surface area contributed by atoms with Gasteiger partial charge in [0.2, 0.25) is 5.91 Å². The number of carbonyl (C=O) groups excluding carboxylic acids is 1. The molecule has 0 aliphatic carbocycles. The monoisotopic (exact) mass is 264 g/mol. The first-order chi connectivity index (χ1) is 9.08. The Morgan fingerprint density at radius 1 is 1.47 bits per heavy atom. The number of hydrogen-bond acceptors (Lipinski definition) is 5. The summed E-state index contributed by atoms with van der Waals surface area (Å²) in [5.41, 5.74) is 5.90. The first-order valence-electron chi connectivity index (χ1n) is 6.45. The predicted molar refractivity (Wildman–Crippen MR) is 74.1 cm³/mol. The van der Waals surface area contributed by atoms with Gasteiger partial charge >= 0.3 is 0 Å². The maximum atomic E-state index is 11.2. The minimum absolute atomic E-state index is 0.0275. The third kappa shape index (κ3) is 3.65. The molecule has 0 spiro atoms. The third-order valence-electron chi connectivity index (χ3n) is 2.96. The number of amides is 1. The summed E-state index contributed by atoms with van der Waals surface area (Å²) in [6.07, 6.45) is 2.04. The fraction of sp³-hybridized carbons (Fsp3) is 0.538. The van der Waals surface area contributed by atoms with Gasteiger partial charge in [-0.05, 0) is 26.0 Å². The predicted octanol–water partition coefficient (Wildman–Crippen LogP) is 0.592. The summed E-state index contributed by atoms with van der Waals surface area (Å²) >= 11 is 0. The molecule has 1 amide bonds.